The Labute approximate surface area is 121 Å². The molecule has 0 spiro atoms. The predicted octanol–water partition coefficient (Wildman–Crippen LogP) is 3.01. The third kappa shape index (κ3) is 3.00. The van der Waals surface area contributed by atoms with Crippen LogP contribution in [0, 0.1) is 6.92 Å². The number of methoxy groups -OCH3 is 1. The van der Waals surface area contributed by atoms with E-state index in [9.17, 15) is 9.90 Å². The van der Waals surface area contributed by atoms with E-state index in [1.807, 2.05) is 0 Å². The Morgan fingerprint density at radius 1 is 1.40 bits per heavy atom. The number of benzene rings is 1. The minimum absolute atomic E-state index is 0.0921. The summed E-state index contributed by atoms with van der Waals surface area (Å²) in [6, 6.07) is 6.14. The smallest absolute Gasteiger partial charge is 0.255 e. The van der Waals surface area contributed by atoms with Gasteiger partial charge in [0, 0.05) is 5.56 Å². The molecule has 1 heterocycles. The molecule has 0 unspecified atom stereocenters. The lowest BCUT2D eigenvalue weighted by molar-refractivity contribution is 0.102. The number of halogens is 1. The summed E-state index contributed by atoms with van der Waals surface area (Å²) < 4.78 is 4.92. The van der Waals surface area contributed by atoms with E-state index >= 15 is 0 Å². The maximum Gasteiger partial charge on any atom is 0.255 e. The fourth-order valence-electron chi connectivity index (χ4n) is 1.66. The number of phenolic OH excluding ortho intramolecular Hbond substituents is 1. The first-order chi connectivity index (χ1) is 9.51. The van der Waals surface area contributed by atoms with E-state index in [-0.39, 0.29) is 11.7 Å². The number of hydrogen-bond acceptors (Lipinski definition) is 4. The highest BCUT2D eigenvalue weighted by atomic mass is 35.5. The lowest BCUT2D eigenvalue weighted by atomic mass is 10.2. The first-order valence-electron chi connectivity index (χ1n) is 5.81. The lowest BCUT2D eigenvalue weighted by Gasteiger charge is -2.08. The van der Waals surface area contributed by atoms with Gasteiger partial charge in [-0.1, -0.05) is 11.6 Å². The fraction of sp³-hybridized carbons (Fsp3) is 0.143. The number of nitrogens with one attached hydrogen (secondary N) is 1. The number of aromatic hydroxyl groups is 1. The van der Waals surface area contributed by atoms with Crippen LogP contribution in [0.25, 0.3) is 0 Å². The van der Waals surface area contributed by atoms with Crippen LogP contribution in [0.15, 0.2) is 30.5 Å². The number of hydrogen-bond donors (Lipinski definition) is 2. The second-order valence-corrected chi connectivity index (χ2v) is 4.53. The standard InChI is InChI=1S/C14H13ClN2O3/c1-8-5-10(7-16-13(8)15)17-14(19)9-3-4-12(20-2)11(18)6-9/h3-7,18H,1-2H3,(H,17,19). The van der Waals surface area contributed by atoms with Crippen molar-refractivity contribution in [1.82, 2.24) is 4.98 Å². The minimum atomic E-state index is -0.355. The van der Waals surface area contributed by atoms with Gasteiger partial charge in [-0.05, 0) is 36.8 Å². The minimum Gasteiger partial charge on any atom is -0.504 e. The topological polar surface area (TPSA) is 71.5 Å². The summed E-state index contributed by atoms with van der Waals surface area (Å²) in [6.45, 7) is 1.80. The molecule has 2 N–H and O–H groups in total. The van der Waals surface area contributed by atoms with Gasteiger partial charge in [-0.25, -0.2) is 4.98 Å². The van der Waals surface area contributed by atoms with Crippen molar-refractivity contribution < 1.29 is 14.6 Å². The molecular weight excluding hydrogens is 280 g/mol. The molecule has 0 saturated carbocycles. The average molecular weight is 293 g/mol. The molecule has 2 aromatic rings. The van der Waals surface area contributed by atoms with Gasteiger partial charge in [0.05, 0.1) is 19.0 Å². The van der Waals surface area contributed by atoms with E-state index in [0.29, 0.717) is 22.2 Å². The van der Waals surface area contributed by atoms with E-state index in [0.717, 1.165) is 5.56 Å². The van der Waals surface area contributed by atoms with Crippen LogP contribution in [-0.4, -0.2) is 23.1 Å². The second-order valence-electron chi connectivity index (χ2n) is 4.17. The Morgan fingerprint density at radius 3 is 2.75 bits per heavy atom. The van der Waals surface area contributed by atoms with Crippen LogP contribution in [-0.2, 0) is 0 Å². The number of pyridine rings is 1. The van der Waals surface area contributed by atoms with Crippen LogP contribution < -0.4 is 10.1 Å². The number of carbonyl (C=O) groups is 1. The lowest BCUT2D eigenvalue weighted by Crippen LogP contribution is -2.12. The summed E-state index contributed by atoms with van der Waals surface area (Å²) in [6.07, 6.45) is 1.47. The number of aromatic nitrogens is 1. The summed E-state index contributed by atoms with van der Waals surface area (Å²) in [5, 5.41) is 12.7. The molecule has 0 fully saturated rings. The van der Waals surface area contributed by atoms with E-state index in [2.05, 4.69) is 10.3 Å². The summed E-state index contributed by atoms with van der Waals surface area (Å²) in [7, 11) is 1.44. The van der Waals surface area contributed by atoms with Crippen molar-refractivity contribution in [3.63, 3.8) is 0 Å². The number of rotatable bonds is 3. The highest BCUT2D eigenvalue weighted by Gasteiger charge is 2.10. The largest absolute Gasteiger partial charge is 0.504 e. The van der Waals surface area contributed by atoms with Crippen molar-refractivity contribution in [1.29, 1.82) is 0 Å². The van der Waals surface area contributed by atoms with Crippen molar-refractivity contribution in [2.75, 3.05) is 12.4 Å². The molecule has 5 nitrogen and oxygen atoms in total. The number of ether oxygens (including phenoxy) is 1. The quantitative estimate of drug-likeness (QED) is 0.853. The van der Waals surface area contributed by atoms with Crippen molar-refractivity contribution in [2.24, 2.45) is 0 Å². The maximum atomic E-state index is 12.0. The molecule has 1 amide bonds. The number of aryl methyl sites for hydroxylation is 1. The SMILES string of the molecule is COc1ccc(C(=O)Nc2cnc(Cl)c(C)c2)cc1O. The van der Waals surface area contributed by atoms with Crippen molar-refractivity contribution >= 4 is 23.2 Å². The van der Waals surface area contributed by atoms with Gasteiger partial charge in [0.25, 0.3) is 5.91 Å². The molecule has 20 heavy (non-hydrogen) atoms. The molecule has 0 radical (unpaired) electrons. The summed E-state index contributed by atoms with van der Waals surface area (Å²) in [5.41, 5.74) is 1.62. The number of anilines is 1. The molecule has 1 aromatic heterocycles. The molecule has 0 aliphatic rings. The van der Waals surface area contributed by atoms with Gasteiger partial charge in [0.1, 0.15) is 5.15 Å². The average Bonchev–Trinajstić information content (AvgIpc) is 2.42. The summed E-state index contributed by atoms with van der Waals surface area (Å²) >= 11 is 5.82. The number of nitrogens with zero attached hydrogens (tertiary/aromatic N) is 1. The van der Waals surface area contributed by atoms with Crippen LogP contribution in [0.3, 0.4) is 0 Å². The third-order valence-corrected chi connectivity index (χ3v) is 3.11. The molecule has 0 aliphatic heterocycles. The fourth-order valence-corrected chi connectivity index (χ4v) is 1.76. The molecule has 0 aliphatic carbocycles. The Morgan fingerprint density at radius 2 is 2.15 bits per heavy atom. The molecule has 0 saturated heterocycles. The van der Waals surface area contributed by atoms with Crippen LogP contribution >= 0.6 is 11.6 Å². The van der Waals surface area contributed by atoms with Crippen LogP contribution in [0.5, 0.6) is 11.5 Å². The Balaban J connectivity index is 2.19. The zero-order valence-electron chi connectivity index (χ0n) is 11.0. The zero-order valence-corrected chi connectivity index (χ0v) is 11.7. The third-order valence-electron chi connectivity index (χ3n) is 2.71. The molecule has 0 atom stereocenters. The molecule has 1 aromatic carbocycles. The van der Waals surface area contributed by atoms with Crippen LogP contribution in [0.4, 0.5) is 5.69 Å². The van der Waals surface area contributed by atoms with Crippen molar-refractivity contribution in [2.45, 2.75) is 6.92 Å². The summed E-state index contributed by atoms with van der Waals surface area (Å²) in [5.74, 6) is -0.136. The van der Waals surface area contributed by atoms with E-state index in [1.54, 1.807) is 19.1 Å². The molecule has 104 valence electrons. The normalized spacial score (nSPS) is 10.2. The Hall–Kier alpha value is -2.27. The second kappa shape index (κ2) is 5.79. The van der Waals surface area contributed by atoms with Gasteiger partial charge < -0.3 is 15.2 Å². The molecule has 6 heteroatoms. The van der Waals surface area contributed by atoms with Gasteiger partial charge in [-0.15, -0.1) is 0 Å². The monoisotopic (exact) mass is 292 g/mol. The molecule has 0 bridgehead atoms. The zero-order chi connectivity index (χ0) is 14.7. The van der Waals surface area contributed by atoms with Gasteiger partial charge >= 0.3 is 0 Å². The predicted molar refractivity (Wildman–Crippen MR) is 76.6 cm³/mol. The highest BCUT2D eigenvalue weighted by Crippen LogP contribution is 2.26. The van der Waals surface area contributed by atoms with E-state index < -0.39 is 0 Å². The molecule has 2 rings (SSSR count). The maximum absolute atomic E-state index is 12.0. The highest BCUT2D eigenvalue weighted by molar-refractivity contribution is 6.30. The van der Waals surface area contributed by atoms with Crippen LogP contribution in [0.2, 0.25) is 5.15 Å². The first kappa shape index (κ1) is 14.1. The van der Waals surface area contributed by atoms with Crippen LogP contribution in [0.1, 0.15) is 15.9 Å². The first-order valence-corrected chi connectivity index (χ1v) is 6.19. The number of amides is 1. The van der Waals surface area contributed by atoms with E-state index in [1.165, 1.54) is 25.4 Å². The van der Waals surface area contributed by atoms with Gasteiger partial charge in [0.15, 0.2) is 11.5 Å². The number of carbonyl (C=O) groups excluding carboxylic acids is 1. The van der Waals surface area contributed by atoms with Gasteiger partial charge in [0.2, 0.25) is 0 Å². The van der Waals surface area contributed by atoms with Crippen molar-refractivity contribution in [3.05, 3.63) is 46.7 Å². The Kier molecular flexibility index (Phi) is 4.10. The van der Waals surface area contributed by atoms with Gasteiger partial charge in [-0.3, -0.25) is 4.79 Å². The van der Waals surface area contributed by atoms with E-state index in [4.69, 9.17) is 16.3 Å². The Bertz CT molecular complexity index is 659. The molecular formula is C14H13ClN2O3. The summed E-state index contributed by atoms with van der Waals surface area (Å²) in [4.78, 5) is 16.0. The number of phenols is 1. The van der Waals surface area contributed by atoms with Crippen molar-refractivity contribution in [3.8, 4) is 11.5 Å². The van der Waals surface area contributed by atoms with Gasteiger partial charge in [-0.2, -0.15) is 0 Å².